The molecule has 28 heavy (non-hydrogen) atoms. The number of nitrogens with one attached hydrogen (secondary N) is 1. The highest BCUT2D eigenvalue weighted by Crippen LogP contribution is 2.34. The lowest BCUT2D eigenvalue weighted by Crippen LogP contribution is -2.31. The van der Waals surface area contributed by atoms with Crippen LogP contribution in [0.15, 0.2) is 51.8 Å². The highest BCUT2D eigenvalue weighted by molar-refractivity contribution is 9.10. The lowest BCUT2D eigenvalue weighted by molar-refractivity contribution is -0.122. The van der Waals surface area contributed by atoms with E-state index in [0.717, 1.165) is 16.2 Å². The highest BCUT2D eigenvalue weighted by atomic mass is 79.9. The quantitative estimate of drug-likeness (QED) is 0.447. The molecule has 9 heteroatoms. The predicted molar refractivity (Wildman–Crippen MR) is 120 cm³/mol. The number of phenolic OH excluding ortho intramolecular Hbond substituents is 1. The summed E-state index contributed by atoms with van der Waals surface area (Å²) >= 11 is 15.6. The molecule has 1 fully saturated rings. The number of amides is 2. The lowest BCUT2D eigenvalue weighted by atomic mass is 10.2. The van der Waals surface area contributed by atoms with Gasteiger partial charge in [0.25, 0.3) is 5.91 Å². The van der Waals surface area contributed by atoms with Gasteiger partial charge in [0.05, 0.1) is 4.91 Å². The molecule has 0 atom stereocenters. The molecule has 0 spiro atoms. The number of thiocarbonyl (C=S) groups is 1. The van der Waals surface area contributed by atoms with Crippen LogP contribution in [0.5, 0.6) is 5.75 Å². The van der Waals surface area contributed by atoms with E-state index >= 15 is 0 Å². The Labute approximate surface area is 184 Å². The van der Waals surface area contributed by atoms with Crippen molar-refractivity contribution in [3.05, 3.63) is 62.4 Å². The average molecular weight is 498 g/mol. The maximum atomic E-state index is 12.6. The first-order valence-corrected chi connectivity index (χ1v) is 10.5. The predicted octanol–water partition coefficient (Wildman–Crippen LogP) is 5.04. The van der Waals surface area contributed by atoms with E-state index in [1.165, 1.54) is 11.0 Å². The molecule has 5 nitrogen and oxygen atoms in total. The van der Waals surface area contributed by atoms with Gasteiger partial charge in [0.15, 0.2) is 0 Å². The summed E-state index contributed by atoms with van der Waals surface area (Å²) in [5.41, 5.74) is 1.14. The summed E-state index contributed by atoms with van der Waals surface area (Å²) in [5.74, 6) is -0.450. The van der Waals surface area contributed by atoms with E-state index in [1.54, 1.807) is 42.5 Å². The number of anilines is 1. The lowest BCUT2D eigenvalue weighted by Gasteiger charge is -2.14. The van der Waals surface area contributed by atoms with Gasteiger partial charge in [-0.3, -0.25) is 14.5 Å². The van der Waals surface area contributed by atoms with E-state index < -0.39 is 0 Å². The molecule has 1 saturated heterocycles. The molecular weight excluding hydrogens is 484 g/mol. The standard InChI is InChI=1S/C19H14BrClN2O3S2/c20-12-1-6-15(24)11(9-12)10-16-18(26)23(19(27)28-16)8-7-17(25)22-14-4-2-13(21)3-5-14/h1-6,9-10,24H,7-8H2,(H,22,25)/b16-10-. The van der Waals surface area contributed by atoms with E-state index in [0.29, 0.717) is 25.5 Å². The number of aromatic hydroxyl groups is 1. The van der Waals surface area contributed by atoms with E-state index in [9.17, 15) is 14.7 Å². The Morgan fingerprint density at radius 2 is 2.00 bits per heavy atom. The molecule has 2 aromatic rings. The highest BCUT2D eigenvalue weighted by Gasteiger charge is 2.32. The molecule has 2 aromatic carbocycles. The summed E-state index contributed by atoms with van der Waals surface area (Å²) in [6.45, 7) is 0.173. The Kier molecular flexibility index (Phi) is 6.77. The average Bonchev–Trinajstić information content (AvgIpc) is 2.91. The Bertz CT molecular complexity index is 980. The molecule has 3 rings (SSSR count). The van der Waals surface area contributed by atoms with Crippen LogP contribution in [0.4, 0.5) is 5.69 Å². The summed E-state index contributed by atoms with van der Waals surface area (Å²) < 4.78 is 1.16. The molecule has 0 bridgehead atoms. The fourth-order valence-corrected chi connectivity index (χ4v) is 4.25. The van der Waals surface area contributed by atoms with Gasteiger partial charge in [0.2, 0.25) is 5.91 Å². The Morgan fingerprint density at radius 3 is 2.71 bits per heavy atom. The fraction of sp³-hybridized carbons (Fsp3) is 0.105. The van der Waals surface area contributed by atoms with Crippen molar-refractivity contribution in [2.75, 3.05) is 11.9 Å². The zero-order chi connectivity index (χ0) is 20.3. The maximum absolute atomic E-state index is 12.6. The summed E-state index contributed by atoms with van der Waals surface area (Å²) in [6.07, 6.45) is 1.69. The van der Waals surface area contributed by atoms with Crippen molar-refractivity contribution in [1.29, 1.82) is 0 Å². The van der Waals surface area contributed by atoms with Crippen molar-refractivity contribution in [2.45, 2.75) is 6.42 Å². The van der Waals surface area contributed by atoms with Crippen LogP contribution in [0.25, 0.3) is 6.08 Å². The molecule has 2 amide bonds. The van der Waals surface area contributed by atoms with Crippen LogP contribution in [0, 0.1) is 0 Å². The van der Waals surface area contributed by atoms with Crippen molar-refractivity contribution in [3.8, 4) is 5.75 Å². The summed E-state index contributed by atoms with van der Waals surface area (Å²) in [5, 5.41) is 13.3. The number of halogens is 2. The second-order valence-electron chi connectivity index (χ2n) is 5.84. The first-order valence-electron chi connectivity index (χ1n) is 8.13. The topological polar surface area (TPSA) is 69.6 Å². The molecular formula is C19H14BrClN2O3S2. The molecule has 1 aliphatic rings. The van der Waals surface area contributed by atoms with Gasteiger partial charge in [-0.2, -0.15) is 0 Å². The van der Waals surface area contributed by atoms with Crippen molar-refractivity contribution in [3.63, 3.8) is 0 Å². The molecule has 0 aromatic heterocycles. The zero-order valence-corrected chi connectivity index (χ0v) is 18.3. The number of rotatable bonds is 5. The second-order valence-corrected chi connectivity index (χ2v) is 8.87. The van der Waals surface area contributed by atoms with E-state index in [-0.39, 0.29) is 30.5 Å². The van der Waals surface area contributed by atoms with Crippen molar-refractivity contribution in [2.24, 2.45) is 0 Å². The van der Waals surface area contributed by atoms with Crippen LogP contribution in [-0.2, 0) is 9.59 Å². The minimum atomic E-state index is -0.284. The zero-order valence-electron chi connectivity index (χ0n) is 14.3. The number of hydrogen-bond acceptors (Lipinski definition) is 5. The summed E-state index contributed by atoms with van der Waals surface area (Å²) in [7, 11) is 0. The van der Waals surface area contributed by atoms with Gasteiger partial charge in [0, 0.05) is 33.7 Å². The number of thioether (sulfide) groups is 1. The van der Waals surface area contributed by atoms with Crippen molar-refractivity contribution >= 4 is 79.4 Å². The summed E-state index contributed by atoms with van der Waals surface area (Å²) in [6, 6.07) is 11.7. The van der Waals surface area contributed by atoms with Gasteiger partial charge in [0.1, 0.15) is 10.1 Å². The number of phenols is 1. The Balaban J connectivity index is 1.63. The molecule has 0 radical (unpaired) electrons. The molecule has 1 heterocycles. The first kappa shape index (κ1) is 20.9. The second kappa shape index (κ2) is 9.09. The maximum Gasteiger partial charge on any atom is 0.266 e. The fourth-order valence-electron chi connectivity index (χ4n) is 2.45. The van der Waals surface area contributed by atoms with Gasteiger partial charge in [-0.1, -0.05) is 51.5 Å². The molecule has 144 valence electrons. The third-order valence-electron chi connectivity index (χ3n) is 3.84. The van der Waals surface area contributed by atoms with Crippen LogP contribution < -0.4 is 5.32 Å². The van der Waals surface area contributed by atoms with Crippen LogP contribution >= 0.6 is 51.5 Å². The van der Waals surface area contributed by atoms with E-state index in [4.69, 9.17) is 23.8 Å². The van der Waals surface area contributed by atoms with Gasteiger partial charge in [-0.25, -0.2) is 0 Å². The largest absolute Gasteiger partial charge is 0.507 e. The van der Waals surface area contributed by atoms with Crippen LogP contribution in [0.3, 0.4) is 0 Å². The van der Waals surface area contributed by atoms with E-state index in [2.05, 4.69) is 21.2 Å². The smallest absolute Gasteiger partial charge is 0.266 e. The number of carbonyl (C=O) groups excluding carboxylic acids is 2. The number of benzene rings is 2. The van der Waals surface area contributed by atoms with Crippen LogP contribution in [-0.4, -0.2) is 32.7 Å². The van der Waals surface area contributed by atoms with E-state index in [1.807, 2.05) is 0 Å². The third kappa shape index (κ3) is 5.14. The number of carbonyl (C=O) groups is 2. The molecule has 0 aliphatic carbocycles. The molecule has 0 saturated carbocycles. The van der Waals surface area contributed by atoms with Gasteiger partial charge < -0.3 is 10.4 Å². The van der Waals surface area contributed by atoms with Crippen molar-refractivity contribution in [1.82, 2.24) is 4.90 Å². The SMILES string of the molecule is O=C(CCN1C(=O)/C(=C/c2cc(Br)ccc2O)SC1=S)Nc1ccc(Cl)cc1. The van der Waals surface area contributed by atoms with Gasteiger partial charge in [-0.15, -0.1) is 0 Å². The van der Waals surface area contributed by atoms with Crippen LogP contribution in [0.2, 0.25) is 5.02 Å². The third-order valence-corrected chi connectivity index (χ3v) is 5.96. The summed E-state index contributed by atoms with van der Waals surface area (Å²) in [4.78, 5) is 26.6. The molecule has 2 N–H and O–H groups in total. The molecule has 0 unspecified atom stereocenters. The monoisotopic (exact) mass is 496 g/mol. The number of hydrogen-bond donors (Lipinski definition) is 2. The Morgan fingerprint density at radius 1 is 1.29 bits per heavy atom. The Hall–Kier alpha value is -1.87. The number of nitrogens with zero attached hydrogens (tertiary/aromatic N) is 1. The van der Waals surface area contributed by atoms with Gasteiger partial charge in [-0.05, 0) is 48.5 Å². The minimum absolute atomic E-state index is 0.0656. The van der Waals surface area contributed by atoms with Crippen molar-refractivity contribution < 1.29 is 14.7 Å². The normalized spacial score (nSPS) is 15.4. The van der Waals surface area contributed by atoms with Gasteiger partial charge >= 0.3 is 0 Å². The molecule has 1 aliphatic heterocycles. The van der Waals surface area contributed by atoms with Crippen LogP contribution in [0.1, 0.15) is 12.0 Å². The minimum Gasteiger partial charge on any atom is -0.507 e. The first-order chi connectivity index (χ1) is 13.3.